The van der Waals surface area contributed by atoms with E-state index in [0.717, 1.165) is 22.6 Å². The molecule has 0 radical (unpaired) electrons. The van der Waals surface area contributed by atoms with Gasteiger partial charge in [0.2, 0.25) is 5.69 Å². The Morgan fingerprint density at radius 2 is 1.44 bits per heavy atom. The van der Waals surface area contributed by atoms with Gasteiger partial charge in [-0.25, -0.2) is 8.42 Å². The Morgan fingerprint density at radius 3 is 2.05 bits per heavy atom. The monoisotopic (exact) mass is 939 g/mol. The van der Waals surface area contributed by atoms with E-state index in [1.807, 2.05) is 61.5 Å². The molecular formula is C41H53N3O14S4. The number of carbonyl (C=O) groups is 1. The van der Waals surface area contributed by atoms with Crippen molar-refractivity contribution >= 4 is 63.5 Å². The summed E-state index contributed by atoms with van der Waals surface area (Å²) >= 11 is 0. The summed E-state index contributed by atoms with van der Waals surface area (Å²) in [5.41, 5.74) is 4.66. The van der Waals surface area contributed by atoms with Crippen molar-refractivity contribution in [2.75, 3.05) is 36.0 Å². The van der Waals surface area contributed by atoms with Gasteiger partial charge in [0.15, 0.2) is 5.71 Å². The third kappa shape index (κ3) is 11.7. The van der Waals surface area contributed by atoms with Crippen molar-refractivity contribution in [1.82, 2.24) is 5.32 Å². The maximum atomic E-state index is 12.1. The molecule has 2 aromatic rings. The van der Waals surface area contributed by atoms with Gasteiger partial charge in [-0.05, 0) is 105 Å². The van der Waals surface area contributed by atoms with Crippen LogP contribution in [0.5, 0.6) is 0 Å². The van der Waals surface area contributed by atoms with Gasteiger partial charge in [0, 0.05) is 65.5 Å². The van der Waals surface area contributed by atoms with Crippen LogP contribution in [0.15, 0.2) is 93.0 Å². The SMILES string of the molecule is CC1(C)C(=CC=C2CCCC(C=CC3=[N+](CCCCS(=O)(=O)O)c4ccc(S(=O)(=O)O)cc4C3(C)C)=C2NCCC(=O)O)N(CCCCS(=O)(=O)[O-])c2ccc(S(=O)(=O)O)cc21. The molecular weight excluding hydrogens is 887 g/mol. The zero-order valence-corrected chi connectivity index (χ0v) is 38.1. The summed E-state index contributed by atoms with van der Waals surface area (Å²) in [7, 11) is -17.7. The average molecular weight is 940 g/mol. The third-order valence-corrected chi connectivity index (χ3v) is 14.7. The Labute approximate surface area is 363 Å². The average Bonchev–Trinajstić information content (AvgIpc) is 3.49. The van der Waals surface area contributed by atoms with Crippen molar-refractivity contribution in [2.24, 2.45) is 0 Å². The molecule has 62 heavy (non-hydrogen) atoms. The standard InChI is InChI=1S/C41H53N3O14S4/c1-40(2)32-26-30(61(53,54)55)14-16-34(32)43(22-5-7-24-59(47,48)49)36(40)18-12-28-10-9-11-29(39(28)42-21-20-38(45)46)13-19-37-41(3,4)33-27-31(62(56,57)58)15-17-35(33)44(37)23-6-8-25-60(50,51)52/h12-19,26-27H,5-11,20-25H2,1-4H3,(H5,45,46,47,48,49,50,51,52,53,54,55,56,57,58). The molecule has 0 saturated carbocycles. The van der Waals surface area contributed by atoms with Crippen molar-refractivity contribution in [3.05, 3.63) is 94.4 Å². The maximum absolute atomic E-state index is 12.1. The Balaban J connectivity index is 1.60. The molecule has 2 aliphatic heterocycles. The number of nitrogens with one attached hydrogen (secondary N) is 1. The number of anilines is 1. The fraction of sp³-hybridized carbons (Fsp3) is 0.463. The summed E-state index contributed by atoms with van der Waals surface area (Å²) in [6.07, 6.45) is 10.2. The molecule has 3 aliphatic rings. The Morgan fingerprint density at radius 1 is 0.806 bits per heavy atom. The molecule has 0 fully saturated rings. The van der Waals surface area contributed by atoms with Gasteiger partial charge in [0.1, 0.15) is 6.54 Å². The highest BCUT2D eigenvalue weighted by atomic mass is 32.2. The molecule has 0 bridgehead atoms. The molecule has 0 amide bonds. The number of hydrogen-bond donors (Lipinski definition) is 5. The molecule has 340 valence electrons. The number of carboxylic acid groups (broad SMARTS) is 1. The molecule has 17 nitrogen and oxygen atoms in total. The topological polar surface area (TPSA) is 276 Å². The van der Waals surface area contributed by atoms with Crippen molar-refractivity contribution < 1.29 is 66.4 Å². The minimum Gasteiger partial charge on any atom is -0.748 e. The zero-order valence-electron chi connectivity index (χ0n) is 34.9. The second kappa shape index (κ2) is 18.5. The lowest BCUT2D eigenvalue weighted by Gasteiger charge is -2.28. The van der Waals surface area contributed by atoms with Crippen molar-refractivity contribution in [3.63, 3.8) is 0 Å². The molecule has 2 heterocycles. The van der Waals surface area contributed by atoms with Crippen LogP contribution in [-0.4, -0.2) is 104 Å². The largest absolute Gasteiger partial charge is 0.748 e. The minimum absolute atomic E-state index is 0.0891. The highest BCUT2D eigenvalue weighted by Crippen LogP contribution is 2.49. The molecule has 5 rings (SSSR count). The molecule has 5 N–H and O–H groups in total. The molecule has 21 heteroatoms. The fourth-order valence-corrected chi connectivity index (χ4v) is 10.5. The van der Waals surface area contributed by atoms with E-state index in [1.54, 1.807) is 12.1 Å². The van der Waals surface area contributed by atoms with E-state index in [9.17, 15) is 61.8 Å². The number of rotatable bonds is 19. The van der Waals surface area contributed by atoms with Crippen LogP contribution in [0.1, 0.15) is 90.2 Å². The lowest BCUT2D eigenvalue weighted by atomic mass is 9.81. The maximum Gasteiger partial charge on any atom is 0.305 e. The van der Waals surface area contributed by atoms with Gasteiger partial charge in [-0.3, -0.25) is 18.5 Å². The number of carboxylic acids is 1. The van der Waals surface area contributed by atoms with Gasteiger partial charge >= 0.3 is 5.97 Å². The summed E-state index contributed by atoms with van der Waals surface area (Å²) in [5.74, 6) is -2.00. The van der Waals surface area contributed by atoms with Gasteiger partial charge in [0.25, 0.3) is 30.4 Å². The molecule has 1 aliphatic carbocycles. The first kappa shape index (κ1) is 48.8. The highest BCUT2D eigenvalue weighted by Gasteiger charge is 2.45. The van der Waals surface area contributed by atoms with Crippen LogP contribution in [0.25, 0.3) is 0 Å². The molecule has 0 spiro atoms. The second-order valence-electron chi connectivity index (χ2n) is 16.6. The Hall–Kier alpha value is -4.22. The van der Waals surface area contributed by atoms with Crippen LogP contribution in [0.3, 0.4) is 0 Å². The Kier molecular flexibility index (Phi) is 14.5. The number of nitrogens with zero attached hydrogens (tertiary/aromatic N) is 2. The predicted octanol–water partition coefficient (Wildman–Crippen LogP) is 5.22. The van der Waals surface area contributed by atoms with E-state index in [1.165, 1.54) is 24.3 Å². The van der Waals surface area contributed by atoms with E-state index >= 15 is 0 Å². The van der Waals surface area contributed by atoms with E-state index in [2.05, 4.69) is 5.32 Å². The van der Waals surface area contributed by atoms with Crippen LogP contribution in [0.2, 0.25) is 0 Å². The molecule has 0 aromatic heterocycles. The molecule has 0 saturated heterocycles. The number of fused-ring (bicyclic) bond motifs is 2. The van der Waals surface area contributed by atoms with Gasteiger partial charge in [-0.15, -0.1) is 0 Å². The number of allylic oxidation sites excluding steroid dienone is 7. The van der Waals surface area contributed by atoms with Gasteiger partial charge in [0.05, 0.1) is 37.5 Å². The first-order valence-electron chi connectivity index (χ1n) is 19.9. The second-order valence-corrected chi connectivity index (χ2v) is 22.5. The normalized spacial score (nSPS) is 19.2. The van der Waals surface area contributed by atoms with Crippen LogP contribution < -0.4 is 10.2 Å². The van der Waals surface area contributed by atoms with Crippen LogP contribution in [0.4, 0.5) is 11.4 Å². The van der Waals surface area contributed by atoms with Gasteiger partial charge < -0.3 is 19.9 Å². The molecule has 2 aromatic carbocycles. The van der Waals surface area contributed by atoms with E-state index in [-0.39, 0.29) is 42.1 Å². The number of hydrogen-bond acceptors (Lipinski definition) is 12. The first-order valence-corrected chi connectivity index (χ1v) is 26.0. The number of unbranched alkanes of at least 4 members (excludes halogenated alkanes) is 2. The summed E-state index contributed by atoms with van der Waals surface area (Å²) in [5, 5.41) is 12.8. The molecule has 0 unspecified atom stereocenters. The predicted molar refractivity (Wildman–Crippen MR) is 232 cm³/mol. The van der Waals surface area contributed by atoms with Crippen LogP contribution in [-0.2, 0) is 56.1 Å². The summed E-state index contributed by atoms with van der Waals surface area (Å²) in [6, 6.07) is 8.53. The van der Waals surface area contributed by atoms with Crippen LogP contribution in [0, 0.1) is 0 Å². The van der Waals surface area contributed by atoms with Crippen LogP contribution >= 0.6 is 0 Å². The van der Waals surface area contributed by atoms with Crippen molar-refractivity contribution in [1.29, 1.82) is 0 Å². The Bertz CT molecular complexity index is 2730. The lowest BCUT2D eigenvalue weighted by molar-refractivity contribution is -0.438. The van der Waals surface area contributed by atoms with Crippen molar-refractivity contribution in [2.45, 2.75) is 99.7 Å². The highest BCUT2D eigenvalue weighted by molar-refractivity contribution is 7.86. The zero-order chi connectivity index (χ0) is 46.1. The quantitative estimate of drug-likeness (QED) is 0.0686. The van der Waals surface area contributed by atoms with Gasteiger partial charge in [-0.1, -0.05) is 26.0 Å². The number of aliphatic carboxylic acids is 1. The third-order valence-electron chi connectivity index (χ3n) is 11.4. The van der Waals surface area contributed by atoms with E-state index < -0.39 is 68.8 Å². The minimum atomic E-state index is -4.55. The summed E-state index contributed by atoms with van der Waals surface area (Å²) < 4.78 is 136. The van der Waals surface area contributed by atoms with E-state index in [0.29, 0.717) is 66.8 Å². The number of benzene rings is 2. The smallest absolute Gasteiger partial charge is 0.305 e. The molecule has 0 atom stereocenters. The summed E-state index contributed by atoms with van der Waals surface area (Å²) in [6.45, 7) is 8.24. The summed E-state index contributed by atoms with van der Waals surface area (Å²) in [4.78, 5) is 13.0. The fourth-order valence-electron chi connectivity index (χ4n) is 8.35. The lowest BCUT2D eigenvalue weighted by Crippen LogP contribution is -2.28. The van der Waals surface area contributed by atoms with Gasteiger partial charge in [-0.2, -0.15) is 29.8 Å². The van der Waals surface area contributed by atoms with Crippen molar-refractivity contribution in [3.8, 4) is 0 Å². The first-order chi connectivity index (χ1) is 28.6. The van der Waals surface area contributed by atoms with E-state index in [4.69, 9.17) is 0 Å².